The smallest absolute Gasteiger partial charge is 0.314 e. The number of aliphatic carboxylic acids is 1. The first-order chi connectivity index (χ1) is 13.5. The second-order valence-corrected chi connectivity index (χ2v) is 6.66. The van der Waals surface area contributed by atoms with Crippen LogP contribution in [-0.4, -0.2) is 39.8 Å². The number of unbranched alkanes of at least 4 members (excludes halogenated alkanes) is 3. The van der Waals surface area contributed by atoms with Crippen LogP contribution < -0.4 is 0 Å². The first-order valence-corrected chi connectivity index (χ1v) is 10.2. The fraction of sp³-hybridized carbons (Fsp3) is 0.565. The van der Waals surface area contributed by atoms with Crippen LogP contribution >= 0.6 is 0 Å². The molecule has 0 aromatic heterocycles. The summed E-state index contributed by atoms with van der Waals surface area (Å²) in [4.78, 5) is 22.8. The molecule has 2 atom stereocenters. The van der Waals surface area contributed by atoms with Gasteiger partial charge in [0.05, 0.1) is 6.61 Å². The summed E-state index contributed by atoms with van der Waals surface area (Å²) in [7, 11) is 0. The zero-order valence-corrected chi connectivity index (χ0v) is 17.0. The molecular formula is C23H36O5. The van der Waals surface area contributed by atoms with E-state index in [4.69, 9.17) is 10.2 Å². The van der Waals surface area contributed by atoms with Crippen LogP contribution in [0.25, 0.3) is 0 Å². The standard InChI is InChI=1S/C23H36O5/c1-2-3-4-5-6-7-8-9-10-11-12-13-14-15-16-17-18-20(23(27)28)22(26)21(25)19-24/h6-7,9-10,12-13,15-16,20-21,24-25H,2-5,8,11,14,17-19H2,1H3,(H,27,28). The van der Waals surface area contributed by atoms with Crippen LogP contribution in [0.4, 0.5) is 0 Å². The van der Waals surface area contributed by atoms with E-state index in [-0.39, 0.29) is 6.42 Å². The number of carbonyl (C=O) groups is 2. The van der Waals surface area contributed by atoms with Crippen molar-refractivity contribution in [2.45, 2.75) is 70.8 Å². The maximum Gasteiger partial charge on any atom is 0.314 e. The number of aliphatic hydroxyl groups is 2. The van der Waals surface area contributed by atoms with Gasteiger partial charge in [0.2, 0.25) is 0 Å². The monoisotopic (exact) mass is 392 g/mol. The van der Waals surface area contributed by atoms with Gasteiger partial charge in [0.1, 0.15) is 12.0 Å². The van der Waals surface area contributed by atoms with Gasteiger partial charge in [-0.25, -0.2) is 0 Å². The van der Waals surface area contributed by atoms with E-state index in [2.05, 4.69) is 37.3 Å². The highest BCUT2D eigenvalue weighted by Crippen LogP contribution is 2.12. The van der Waals surface area contributed by atoms with Crippen LogP contribution in [0.1, 0.15) is 64.7 Å². The number of ketones is 1. The third-order valence-electron chi connectivity index (χ3n) is 4.22. The Balaban J connectivity index is 3.89. The molecule has 0 radical (unpaired) electrons. The lowest BCUT2D eigenvalue weighted by Crippen LogP contribution is -2.35. The Kier molecular flexibility index (Phi) is 17.1. The predicted octanol–water partition coefficient (Wildman–Crippen LogP) is 4.37. The summed E-state index contributed by atoms with van der Waals surface area (Å²) in [6.07, 6.45) is 23.1. The average Bonchev–Trinajstić information content (AvgIpc) is 2.69. The van der Waals surface area contributed by atoms with Gasteiger partial charge in [0.15, 0.2) is 5.78 Å². The van der Waals surface area contributed by atoms with Crippen molar-refractivity contribution in [3.05, 3.63) is 48.6 Å². The van der Waals surface area contributed by atoms with Gasteiger partial charge < -0.3 is 15.3 Å². The summed E-state index contributed by atoms with van der Waals surface area (Å²) in [5.41, 5.74) is 0. The topological polar surface area (TPSA) is 94.8 Å². The number of hydrogen-bond donors (Lipinski definition) is 3. The molecule has 2 unspecified atom stereocenters. The van der Waals surface area contributed by atoms with Gasteiger partial charge in [-0.3, -0.25) is 9.59 Å². The Bertz CT molecular complexity index is 531. The first kappa shape index (κ1) is 26.0. The molecule has 5 nitrogen and oxygen atoms in total. The molecule has 0 saturated heterocycles. The third-order valence-corrected chi connectivity index (χ3v) is 4.22. The molecule has 0 heterocycles. The van der Waals surface area contributed by atoms with E-state index in [1.165, 1.54) is 19.3 Å². The van der Waals surface area contributed by atoms with Gasteiger partial charge in [-0.2, -0.15) is 0 Å². The van der Waals surface area contributed by atoms with Crippen LogP contribution in [0.3, 0.4) is 0 Å². The summed E-state index contributed by atoms with van der Waals surface area (Å²) in [6.45, 7) is 1.45. The Labute approximate surface area is 169 Å². The largest absolute Gasteiger partial charge is 0.481 e. The summed E-state index contributed by atoms with van der Waals surface area (Å²) in [5, 5.41) is 27.1. The zero-order valence-electron chi connectivity index (χ0n) is 17.0. The fourth-order valence-corrected chi connectivity index (χ4v) is 2.53. The van der Waals surface area contributed by atoms with E-state index >= 15 is 0 Å². The summed E-state index contributed by atoms with van der Waals surface area (Å²) < 4.78 is 0. The molecule has 0 aromatic carbocycles. The van der Waals surface area contributed by atoms with Crippen LogP contribution in [-0.2, 0) is 9.59 Å². The summed E-state index contributed by atoms with van der Waals surface area (Å²) in [5.74, 6) is -3.40. The van der Waals surface area contributed by atoms with Crippen molar-refractivity contribution in [3.8, 4) is 0 Å². The van der Waals surface area contributed by atoms with Crippen molar-refractivity contribution in [2.24, 2.45) is 5.92 Å². The molecule has 0 amide bonds. The first-order valence-electron chi connectivity index (χ1n) is 10.2. The number of Topliss-reactive ketones (excluding diaryl/α,β-unsaturated/α-hetero) is 1. The van der Waals surface area contributed by atoms with Crippen molar-refractivity contribution in [3.63, 3.8) is 0 Å². The quantitative estimate of drug-likeness (QED) is 0.194. The highest BCUT2D eigenvalue weighted by molar-refractivity contribution is 6.00. The second-order valence-electron chi connectivity index (χ2n) is 6.66. The van der Waals surface area contributed by atoms with Gasteiger partial charge in [-0.1, -0.05) is 68.4 Å². The lowest BCUT2D eigenvalue weighted by Gasteiger charge is -2.13. The van der Waals surface area contributed by atoms with E-state index in [1.807, 2.05) is 18.2 Å². The molecule has 0 aromatic rings. The minimum absolute atomic E-state index is 0.111. The third kappa shape index (κ3) is 14.1. The average molecular weight is 393 g/mol. The van der Waals surface area contributed by atoms with Gasteiger partial charge >= 0.3 is 5.97 Å². The second kappa shape index (κ2) is 18.4. The number of carboxylic acid groups (broad SMARTS) is 1. The molecule has 3 N–H and O–H groups in total. The lowest BCUT2D eigenvalue weighted by molar-refractivity contribution is -0.150. The minimum atomic E-state index is -1.63. The molecular weight excluding hydrogens is 356 g/mol. The maximum atomic E-state index is 11.7. The number of aliphatic hydroxyl groups excluding tert-OH is 2. The Morgan fingerprint density at radius 2 is 1.32 bits per heavy atom. The number of hydrogen-bond acceptors (Lipinski definition) is 4. The summed E-state index contributed by atoms with van der Waals surface area (Å²) >= 11 is 0. The van der Waals surface area contributed by atoms with Gasteiger partial charge in [-0.15, -0.1) is 0 Å². The molecule has 0 spiro atoms. The van der Waals surface area contributed by atoms with Crippen molar-refractivity contribution in [1.82, 2.24) is 0 Å². The van der Waals surface area contributed by atoms with E-state index < -0.39 is 30.4 Å². The molecule has 5 heteroatoms. The molecule has 0 saturated carbocycles. The molecule has 0 rings (SSSR count). The molecule has 0 aliphatic carbocycles. The van der Waals surface area contributed by atoms with Crippen LogP contribution in [0, 0.1) is 5.92 Å². The van der Waals surface area contributed by atoms with Gasteiger partial charge in [-0.05, 0) is 44.9 Å². The summed E-state index contributed by atoms with van der Waals surface area (Å²) in [6, 6.07) is 0. The molecule has 0 bridgehead atoms. The van der Waals surface area contributed by atoms with E-state index in [1.54, 1.807) is 0 Å². The van der Waals surface area contributed by atoms with Crippen molar-refractivity contribution in [2.75, 3.05) is 6.61 Å². The van der Waals surface area contributed by atoms with Crippen molar-refractivity contribution < 1.29 is 24.9 Å². The predicted molar refractivity (Wildman–Crippen MR) is 113 cm³/mol. The number of carboxylic acids is 1. The highest BCUT2D eigenvalue weighted by Gasteiger charge is 2.30. The normalized spacial score (nSPS) is 14.5. The molecule has 0 aliphatic heterocycles. The molecule has 28 heavy (non-hydrogen) atoms. The lowest BCUT2D eigenvalue weighted by atomic mass is 9.95. The molecule has 0 fully saturated rings. The van der Waals surface area contributed by atoms with Gasteiger partial charge in [0.25, 0.3) is 0 Å². The Hall–Kier alpha value is -1.98. The van der Waals surface area contributed by atoms with Crippen LogP contribution in [0.5, 0.6) is 0 Å². The van der Waals surface area contributed by atoms with Crippen molar-refractivity contribution >= 4 is 11.8 Å². The van der Waals surface area contributed by atoms with Crippen molar-refractivity contribution in [1.29, 1.82) is 0 Å². The molecule has 158 valence electrons. The SMILES string of the molecule is CCCCCC=CCC=CCC=CCC=CCCC(C(=O)O)C(=O)C(O)CO. The Morgan fingerprint density at radius 3 is 1.79 bits per heavy atom. The van der Waals surface area contributed by atoms with Gasteiger partial charge in [0, 0.05) is 0 Å². The highest BCUT2D eigenvalue weighted by atomic mass is 16.4. The fourth-order valence-electron chi connectivity index (χ4n) is 2.53. The van der Waals surface area contributed by atoms with E-state index in [9.17, 15) is 14.7 Å². The van der Waals surface area contributed by atoms with E-state index in [0.717, 1.165) is 25.7 Å². The van der Waals surface area contributed by atoms with Crippen LogP contribution in [0.2, 0.25) is 0 Å². The number of rotatable bonds is 17. The van der Waals surface area contributed by atoms with E-state index in [0.29, 0.717) is 6.42 Å². The Morgan fingerprint density at radius 1 is 0.821 bits per heavy atom. The zero-order chi connectivity index (χ0) is 21.0. The minimum Gasteiger partial charge on any atom is -0.481 e. The van der Waals surface area contributed by atoms with Crippen LogP contribution in [0.15, 0.2) is 48.6 Å². The maximum absolute atomic E-state index is 11.7. The number of allylic oxidation sites excluding steroid dienone is 8. The number of carbonyl (C=O) groups excluding carboxylic acids is 1. The molecule has 0 aliphatic rings.